The molecular formula is C21H30N2O5S. The summed E-state index contributed by atoms with van der Waals surface area (Å²) in [5, 5.41) is 2.53. The molecule has 1 aliphatic heterocycles. The first kappa shape index (κ1) is 23.1. The number of hydrogen-bond acceptors (Lipinski definition) is 5. The number of benzene rings is 1. The minimum absolute atomic E-state index is 0.247. The van der Waals surface area contributed by atoms with Crippen molar-refractivity contribution in [3.05, 3.63) is 41.0 Å². The molecule has 1 N–H and O–H groups in total. The van der Waals surface area contributed by atoms with Crippen LogP contribution in [0.4, 0.5) is 0 Å². The number of amides is 1. The van der Waals surface area contributed by atoms with Crippen LogP contribution in [0.25, 0.3) is 0 Å². The van der Waals surface area contributed by atoms with Crippen LogP contribution >= 0.6 is 0 Å². The third-order valence-electron chi connectivity index (χ3n) is 5.47. The Kier molecular flexibility index (Phi) is 7.60. The van der Waals surface area contributed by atoms with E-state index in [-0.39, 0.29) is 25.6 Å². The van der Waals surface area contributed by atoms with Crippen LogP contribution in [0.3, 0.4) is 0 Å². The van der Waals surface area contributed by atoms with Crippen molar-refractivity contribution >= 4 is 21.9 Å². The van der Waals surface area contributed by atoms with Gasteiger partial charge in [-0.05, 0) is 62.8 Å². The fourth-order valence-electron chi connectivity index (χ4n) is 3.52. The summed E-state index contributed by atoms with van der Waals surface area (Å²) >= 11 is 0. The highest BCUT2D eigenvalue weighted by atomic mass is 32.2. The quantitative estimate of drug-likeness (QED) is 0.537. The van der Waals surface area contributed by atoms with Crippen LogP contribution in [0, 0.1) is 33.6 Å². The maximum atomic E-state index is 13.3. The topological polar surface area (TPSA) is 92.8 Å². The van der Waals surface area contributed by atoms with Crippen LogP contribution in [-0.4, -0.2) is 50.8 Å². The molecular weight excluding hydrogens is 392 g/mol. The molecule has 2 rings (SSSR count). The van der Waals surface area contributed by atoms with Crippen LogP contribution in [-0.2, 0) is 24.3 Å². The molecule has 1 heterocycles. The number of sulfonamides is 1. The molecule has 0 aliphatic carbocycles. The molecule has 0 unspecified atom stereocenters. The first-order valence-electron chi connectivity index (χ1n) is 9.71. The number of nitrogens with one attached hydrogen (secondary N) is 1. The lowest BCUT2D eigenvalue weighted by Crippen LogP contribution is -2.41. The lowest BCUT2D eigenvalue weighted by molar-refractivity contribution is -0.153. The lowest BCUT2D eigenvalue weighted by atomic mass is 9.98. The van der Waals surface area contributed by atoms with Gasteiger partial charge in [0.15, 0.2) is 6.61 Å². The lowest BCUT2D eigenvalue weighted by Gasteiger charge is -2.31. The van der Waals surface area contributed by atoms with Crippen molar-refractivity contribution < 1.29 is 22.7 Å². The fraction of sp³-hybridized carbons (Fsp3) is 0.524. The number of carbonyl (C=O) groups is 2. The van der Waals surface area contributed by atoms with Crippen LogP contribution in [0.5, 0.6) is 0 Å². The highest BCUT2D eigenvalue weighted by Crippen LogP contribution is 2.31. The number of rotatable bonds is 7. The summed E-state index contributed by atoms with van der Waals surface area (Å²) in [5.41, 5.74) is 3.42. The fourth-order valence-corrected chi connectivity index (χ4v) is 5.57. The van der Waals surface area contributed by atoms with E-state index in [1.165, 1.54) is 10.4 Å². The minimum atomic E-state index is -3.65. The molecule has 1 aromatic carbocycles. The Hall–Kier alpha value is -2.19. The third kappa shape index (κ3) is 5.25. The van der Waals surface area contributed by atoms with Crippen molar-refractivity contribution in [2.24, 2.45) is 5.92 Å². The summed E-state index contributed by atoms with van der Waals surface area (Å²) in [6.07, 6.45) is 2.28. The number of piperidine rings is 1. The van der Waals surface area contributed by atoms with Crippen molar-refractivity contribution in [3.63, 3.8) is 0 Å². The number of nitrogens with zero attached hydrogens (tertiary/aromatic N) is 1. The minimum Gasteiger partial charge on any atom is -0.455 e. The second-order valence-corrected chi connectivity index (χ2v) is 9.34. The maximum Gasteiger partial charge on any atom is 0.309 e. The molecule has 7 nitrogen and oxygen atoms in total. The van der Waals surface area contributed by atoms with Gasteiger partial charge in [0, 0.05) is 19.6 Å². The van der Waals surface area contributed by atoms with Crippen molar-refractivity contribution in [2.45, 2.75) is 45.4 Å². The van der Waals surface area contributed by atoms with Crippen LogP contribution in [0.2, 0.25) is 0 Å². The van der Waals surface area contributed by atoms with Gasteiger partial charge in [-0.15, -0.1) is 6.58 Å². The van der Waals surface area contributed by atoms with E-state index in [2.05, 4.69) is 11.9 Å². The van der Waals surface area contributed by atoms with Crippen molar-refractivity contribution in [2.75, 3.05) is 26.2 Å². The molecule has 0 saturated carbocycles. The van der Waals surface area contributed by atoms with Gasteiger partial charge < -0.3 is 10.1 Å². The van der Waals surface area contributed by atoms with Gasteiger partial charge in [0.1, 0.15) is 0 Å². The second-order valence-electron chi connectivity index (χ2n) is 7.47. The molecule has 0 radical (unpaired) electrons. The van der Waals surface area contributed by atoms with Crippen LogP contribution < -0.4 is 5.32 Å². The third-order valence-corrected chi connectivity index (χ3v) is 7.64. The average Bonchev–Trinajstić information content (AvgIpc) is 2.69. The first-order chi connectivity index (χ1) is 13.6. The van der Waals surface area contributed by atoms with E-state index >= 15 is 0 Å². The summed E-state index contributed by atoms with van der Waals surface area (Å²) in [6, 6.07) is 2.00. The smallest absolute Gasteiger partial charge is 0.309 e. The molecule has 0 bridgehead atoms. The van der Waals surface area contributed by atoms with E-state index in [0.717, 1.165) is 22.3 Å². The SMILES string of the molecule is C=CCNC(=O)COC(=O)C1CCN(S(=O)(=O)c2c(C)c(C)cc(C)c2C)CC1. The maximum absolute atomic E-state index is 13.3. The Morgan fingerprint density at radius 2 is 1.72 bits per heavy atom. The molecule has 160 valence electrons. The molecule has 1 fully saturated rings. The van der Waals surface area contributed by atoms with E-state index in [1.54, 1.807) is 0 Å². The van der Waals surface area contributed by atoms with Gasteiger partial charge in [-0.2, -0.15) is 4.31 Å². The molecule has 0 spiro atoms. The van der Waals surface area contributed by atoms with Crippen molar-refractivity contribution in [1.29, 1.82) is 0 Å². The monoisotopic (exact) mass is 422 g/mol. The molecule has 1 amide bonds. The Morgan fingerprint density at radius 3 is 2.24 bits per heavy atom. The largest absolute Gasteiger partial charge is 0.455 e. The molecule has 1 aromatic rings. The highest BCUT2D eigenvalue weighted by molar-refractivity contribution is 7.89. The summed E-state index contributed by atoms with van der Waals surface area (Å²) in [6.45, 7) is 11.4. The highest BCUT2D eigenvalue weighted by Gasteiger charge is 2.35. The van der Waals surface area contributed by atoms with Gasteiger partial charge in [-0.1, -0.05) is 12.1 Å². The second kappa shape index (κ2) is 9.54. The van der Waals surface area contributed by atoms with E-state index in [4.69, 9.17) is 4.74 Å². The summed E-state index contributed by atoms with van der Waals surface area (Å²) in [4.78, 5) is 24.1. The summed E-state index contributed by atoms with van der Waals surface area (Å²) in [5.74, 6) is -1.26. The first-order valence-corrected chi connectivity index (χ1v) is 11.1. The standard InChI is InChI=1S/C21H30N2O5S/c1-6-9-22-19(24)13-28-21(25)18-7-10-23(11-8-18)29(26,27)20-16(4)14(2)12-15(3)17(20)5/h6,12,18H,1,7-11,13H2,2-5H3,(H,22,24). The molecule has 0 atom stereocenters. The van der Waals surface area contributed by atoms with Crippen molar-refractivity contribution in [3.8, 4) is 0 Å². The number of aryl methyl sites for hydroxylation is 2. The average molecular weight is 423 g/mol. The predicted octanol–water partition coefficient (Wildman–Crippen LogP) is 2.17. The molecule has 1 aliphatic rings. The summed E-state index contributed by atoms with van der Waals surface area (Å²) in [7, 11) is -3.65. The van der Waals surface area contributed by atoms with Gasteiger partial charge in [0.25, 0.3) is 5.91 Å². The van der Waals surface area contributed by atoms with E-state index in [1.807, 2.05) is 33.8 Å². The number of carbonyl (C=O) groups excluding carboxylic acids is 2. The zero-order chi connectivity index (χ0) is 21.8. The zero-order valence-corrected chi connectivity index (χ0v) is 18.4. The van der Waals surface area contributed by atoms with Gasteiger partial charge in [-0.25, -0.2) is 8.42 Å². The Balaban J connectivity index is 2.03. The van der Waals surface area contributed by atoms with E-state index in [9.17, 15) is 18.0 Å². The zero-order valence-electron chi connectivity index (χ0n) is 17.6. The normalized spacial score (nSPS) is 15.7. The van der Waals surface area contributed by atoms with Crippen LogP contribution in [0.15, 0.2) is 23.6 Å². The Labute approximate surface area is 173 Å². The molecule has 1 saturated heterocycles. The van der Waals surface area contributed by atoms with Gasteiger partial charge in [-0.3, -0.25) is 9.59 Å². The van der Waals surface area contributed by atoms with Crippen molar-refractivity contribution in [1.82, 2.24) is 9.62 Å². The van der Waals surface area contributed by atoms with E-state index < -0.39 is 21.9 Å². The number of ether oxygens (including phenoxy) is 1. The predicted molar refractivity (Wildman–Crippen MR) is 111 cm³/mol. The number of esters is 1. The molecule has 8 heteroatoms. The Bertz CT molecular complexity index is 874. The molecule has 29 heavy (non-hydrogen) atoms. The van der Waals surface area contributed by atoms with E-state index in [0.29, 0.717) is 24.3 Å². The van der Waals surface area contributed by atoms with Gasteiger partial charge in [0.2, 0.25) is 10.0 Å². The number of hydrogen-bond donors (Lipinski definition) is 1. The van der Waals surface area contributed by atoms with Gasteiger partial charge in [0.05, 0.1) is 10.8 Å². The molecule has 0 aromatic heterocycles. The summed E-state index contributed by atoms with van der Waals surface area (Å²) < 4.78 is 33.1. The van der Waals surface area contributed by atoms with Crippen LogP contribution in [0.1, 0.15) is 35.1 Å². The van der Waals surface area contributed by atoms with Gasteiger partial charge >= 0.3 is 5.97 Å². The Morgan fingerprint density at radius 1 is 1.17 bits per heavy atom.